The lowest BCUT2D eigenvalue weighted by molar-refractivity contribution is 0.868. The lowest BCUT2D eigenvalue weighted by Crippen LogP contribution is -2.15. The minimum absolute atomic E-state index is 0.0809. The smallest absolute Gasteiger partial charge is 0.0554 e. The number of rotatable bonds is 2. The van der Waals surface area contributed by atoms with Crippen molar-refractivity contribution in [3.63, 3.8) is 0 Å². The van der Waals surface area contributed by atoms with E-state index in [1.54, 1.807) is 0 Å². The van der Waals surface area contributed by atoms with Gasteiger partial charge < -0.3 is 5.73 Å². The average Bonchev–Trinajstić information content (AvgIpc) is 2.11. The molecule has 14 heavy (non-hydrogen) atoms. The molecule has 0 fully saturated rings. The molecule has 0 spiro atoms. The molecule has 1 unspecified atom stereocenters. The van der Waals surface area contributed by atoms with Crippen LogP contribution in [0.3, 0.4) is 0 Å². The molecule has 0 saturated carbocycles. The summed E-state index contributed by atoms with van der Waals surface area (Å²) in [5, 5.41) is 0.719. The molecule has 1 aromatic carbocycles. The van der Waals surface area contributed by atoms with E-state index in [-0.39, 0.29) is 6.04 Å². The van der Waals surface area contributed by atoms with Gasteiger partial charge in [0, 0.05) is 10.5 Å². The zero-order valence-corrected chi connectivity index (χ0v) is 10.6. The van der Waals surface area contributed by atoms with Crippen LogP contribution < -0.4 is 5.73 Å². The lowest BCUT2D eigenvalue weighted by atomic mass is 10.1. The third-order valence-electron chi connectivity index (χ3n) is 2.06. The SMILES string of the molecule is C/C(=C\c1ccc(Br)c(Cl)c1)C(C)N. The van der Waals surface area contributed by atoms with Crippen molar-refractivity contribution < 1.29 is 0 Å². The summed E-state index contributed by atoms with van der Waals surface area (Å²) in [5.74, 6) is 0. The van der Waals surface area contributed by atoms with Gasteiger partial charge in [-0.1, -0.05) is 29.3 Å². The van der Waals surface area contributed by atoms with Crippen LogP contribution in [0.4, 0.5) is 0 Å². The van der Waals surface area contributed by atoms with Crippen LogP contribution in [0.2, 0.25) is 5.02 Å². The molecule has 0 heterocycles. The Labute approximate surface area is 98.1 Å². The third kappa shape index (κ3) is 3.12. The van der Waals surface area contributed by atoms with E-state index < -0.39 is 0 Å². The Hall–Kier alpha value is -0.310. The fourth-order valence-corrected chi connectivity index (χ4v) is 1.43. The summed E-state index contributed by atoms with van der Waals surface area (Å²) in [5.41, 5.74) is 7.96. The monoisotopic (exact) mass is 273 g/mol. The van der Waals surface area contributed by atoms with Gasteiger partial charge in [0.15, 0.2) is 0 Å². The first kappa shape index (κ1) is 11.8. The molecule has 2 N–H and O–H groups in total. The fourth-order valence-electron chi connectivity index (χ4n) is 0.996. The predicted octanol–water partition coefficient (Wildman–Crippen LogP) is 3.85. The normalized spacial score (nSPS) is 14.2. The van der Waals surface area contributed by atoms with E-state index >= 15 is 0 Å². The number of benzene rings is 1. The van der Waals surface area contributed by atoms with Crippen LogP contribution >= 0.6 is 27.5 Å². The van der Waals surface area contributed by atoms with Crippen molar-refractivity contribution in [3.05, 3.63) is 38.8 Å². The van der Waals surface area contributed by atoms with Crippen molar-refractivity contribution in [2.75, 3.05) is 0 Å². The van der Waals surface area contributed by atoms with Gasteiger partial charge in [0.05, 0.1) is 5.02 Å². The van der Waals surface area contributed by atoms with Crippen molar-refractivity contribution in [3.8, 4) is 0 Å². The highest BCUT2D eigenvalue weighted by Crippen LogP contribution is 2.24. The van der Waals surface area contributed by atoms with Crippen molar-refractivity contribution in [1.29, 1.82) is 0 Å². The maximum atomic E-state index is 5.97. The summed E-state index contributed by atoms with van der Waals surface area (Å²) in [6.45, 7) is 3.98. The average molecular weight is 275 g/mol. The Bertz CT molecular complexity index is 358. The highest BCUT2D eigenvalue weighted by Gasteiger charge is 1.99. The molecule has 0 saturated heterocycles. The zero-order chi connectivity index (χ0) is 10.7. The summed E-state index contributed by atoms with van der Waals surface area (Å²) in [7, 11) is 0. The second kappa shape index (κ2) is 4.96. The van der Waals surface area contributed by atoms with Gasteiger partial charge in [-0.2, -0.15) is 0 Å². The van der Waals surface area contributed by atoms with E-state index in [0.29, 0.717) is 0 Å². The zero-order valence-electron chi connectivity index (χ0n) is 8.22. The molecule has 0 aliphatic rings. The van der Waals surface area contributed by atoms with Gasteiger partial charge in [0.1, 0.15) is 0 Å². The third-order valence-corrected chi connectivity index (χ3v) is 3.29. The molecular weight excluding hydrogens is 261 g/mol. The summed E-state index contributed by atoms with van der Waals surface area (Å²) in [6, 6.07) is 5.93. The number of nitrogens with two attached hydrogens (primary N) is 1. The maximum absolute atomic E-state index is 5.97. The number of hydrogen-bond donors (Lipinski definition) is 1. The van der Waals surface area contributed by atoms with Crippen molar-refractivity contribution in [2.24, 2.45) is 5.73 Å². The molecule has 3 heteroatoms. The van der Waals surface area contributed by atoms with E-state index in [9.17, 15) is 0 Å². The lowest BCUT2D eigenvalue weighted by Gasteiger charge is -2.05. The second-order valence-electron chi connectivity index (χ2n) is 3.35. The summed E-state index contributed by atoms with van der Waals surface area (Å²) >= 11 is 9.32. The summed E-state index contributed by atoms with van der Waals surface area (Å²) in [6.07, 6.45) is 2.04. The molecule has 1 nitrogen and oxygen atoms in total. The molecule has 76 valence electrons. The Morgan fingerprint density at radius 3 is 2.71 bits per heavy atom. The van der Waals surface area contributed by atoms with E-state index in [1.165, 1.54) is 0 Å². The van der Waals surface area contributed by atoms with E-state index in [2.05, 4.69) is 15.9 Å². The quantitative estimate of drug-likeness (QED) is 0.871. The van der Waals surface area contributed by atoms with Gasteiger partial charge in [-0.25, -0.2) is 0 Å². The van der Waals surface area contributed by atoms with Crippen LogP contribution in [0.25, 0.3) is 6.08 Å². The Kier molecular flexibility index (Phi) is 4.17. The van der Waals surface area contributed by atoms with Crippen LogP contribution in [0.5, 0.6) is 0 Å². The molecule has 1 aromatic rings. The van der Waals surface area contributed by atoms with E-state index in [0.717, 1.165) is 20.6 Å². The summed E-state index contributed by atoms with van der Waals surface area (Å²) < 4.78 is 0.912. The van der Waals surface area contributed by atoms with E-state index in [1.807, 2.05) is 38.1 Å². The van der Waals surface area contributed by atoms with Crippen molar-refractivity contribution in [1.82, 2.24) is 0 Å². The summed E-state index contributed by atoms with van der Waals surface area (Å²) in [4.78, 5) is 0. The van der Waals surface area contributed by atoms with Crippen LogP contribution in [0, 0.1) is 0 Å². The van der Waals surface area contributed by atoms with Gasteiger partial charge in [-0.15, -0.1) is 0 Å². The minimum Gasteiger partial charge on any atom is -0.324 e. The highest BCUT2D eigenvalue weighted by atomic mass is 79.9. The van der Waals surface area contributed by atoms with Gasteiger partial charge in [-0.05, 0) is 47.5 Å². The molecule has 0 bridgehead atoms. The van der Waals surface area contributed by atoms with Crippen molar-refractivity contribution in [2.45, 2.75) is 19.9 Å². The van der Waals surface area contributed by atoms with E-state index in [4.69, 9.17) is 17.3 Å². The van der Waals surface area contributed by atoms with Gasteiger partial charge in [0.25, 0.3) is 0 Å². The van der Waals surface area contributed by atoms with Crippen LogP contribution in [-0.4, -0.2) is 6.04 Å². The van der Waals surface area contributed by atoms with Gasteiger partial charge in [-0.3, -0.25) is 0 Å². The van der Waals surface area contributed by atoms with Gasteiger partial charge in [0.2, 0.25) is 0 Å². The highest BCUT2D eigenvalue weighted by molar-refractivity contribution is 9.10. The van der Waals surface area contributed by atoms with Crippen LogP contribution in [-0.2, 0) is 0 Å². The molecule has 0 aliphatic heterocycles. The Balaban J connectivity index is 2.98. The maximum Gasteiger partial charge on any atom is 0.0554 e. The molecular formula is C11H13BrClN. The molecule has 1 rings (SSSR count). The minimum atomic E-state index is 0.0809. The molecule has 0 radical (unpaired) electrons. The standard InChI is InChI=1S/C11H13BrClN/c1-7(8(2)14)5-9-3-4-10(12)11(13)6-9/h3-6,8H,14H2,1-2H3/b7-5+. The Morgan fingerprint density at radius 1 is 1.57 bits per heavy atom. The van der Waals surface area contributed by atoms with Crippen LogP contribution in [0.15, 0.2) is 28.2 Å². The first-order chi connectivity index (χ1) is 6.50. The Morgan fingerprint density at radius 2 is 2.21 bits per heavy atom. The van der Waals surface area contributed by atoms with Crippen LogP contribution in [0.1, 0.15) is 19.4 Å². The molecule has 0 aromatic heterocycles. The number of hydrogen-bond acceptors (Lipinski definition) is 1. The molecule has 0 aliphatic carbocycles. The first-order valence-electron chi connectivity index (χ1n) is 4.39. The first-order valence-corrected chi connectivity index (χ1v) is 5.56. The fraction of sp³-hybridized carbons (Fsp3) is 0.273. The van der Waals surface area contributed by atoms with Gasteiger partial charge >= 0.3 is 0 Å². The largest absolute Gasteiger partial charge is 0.324 e. The van der Waals surface area contributed by atoms with Crippen molar-refractivity contribution >= 4 is 33.6 Å². The molecule has 0 amide bonds. The molecule has 1 atom stereocenters. The number of halogens is 2. The second-order valence-corrected chi connectivity index (χ2v) is 4.61. The predicted molar refractivity (Wildman–Crippen MR) is 66.5 cm³/mol. The topological polar surface area (TPSA) is 26.0 Å².